The Morgan fingerprint density at radius 1 is 1.05 bits per heavy atom. The number of benzene rings is 2. The van der Waals surface area contributed by atoms with E-state index in [-0.39, 0.29) is 11.5 Å². The fourth-order valence-corrected chi connectivity index (χ4v) is 2.00. The second-order valence-electron chi connectivity index (χ2n) is 4.19. The van der Waals surface area contributed by atoms with Gasteiger partial charge in [-0.2, -0.15) is 0 Å². The maximum absolute atomic E-state index is 12.0. The van der Waals surface area contributed by atoms with E-state index in [1.165, 1.54) is 12.3 Å². The number of furan rings is 1. The van der Waals surface area contributed by atoms with Crippen molar-refractivity contribution < 1.29 is 18.7 Å². The topological polar surface area (TPSA) is 56.5 Å². The van der Waals surface area contributed by atoms with Gasteiger partial charge in [0.25, 0.3) is 0 Å². The Bertz CT molecular complexity index is 772. The van der Waals surface area contributed by atoms with Gasteiger partial charge in [-0.25, -0.2) is 4.79 Å². The van der Waals surface area contributed by atoms with Gasteiger partial charge in [-0.3, -0.25) is 4.79 Å². The normalized spacial score (nSPS) is 10.4. The summed E-state index contributed by atoms with van der Waals surface area (Å²) in [6, 6.07) is 13.9. The van der Waals surface area contributed by atoms with Crippen LogP contribution in [0.4, 0.5) is 0 Å². The van der Waals surface area contributed by atoms with Crippen LogP contribution in [-0.4, -0.2) is 12.3 Å². The first kappa shape index (κ1) is 12.2. The zero-order chi connectivity index (χ0) is 13.9. The third-order valence-electron chi connectivity index (χ3n) is 2.95. The molecule has 0 atom stereocenters. The monoisotopic (exact) mass is 266 g/mol. The molecule has 0 N–H and O–H groups in total. The van der Waals surface area contributed by atoms with Crippen LogP contribution in [0.5, 0.6) is 5.75 Å². The summed E-state index contributed by atoms with van der Waals surface area (Å²) in [4.78, 5) is 23.1. The summed E-state index contributed by atoms with van der Waals surface area (Å²) in [7, 11) is 0. The van der Waals surface area contributed by atoms with Crippen LogP contribution in [0.25, 0.3) is 10.8 Å². The molecule has 1 heterocycles. The molecule has 0 aliphatic carbocycles. The van der Waals surface area contributed by atoms with Crippen molar-refractivity contribution >= 4 is 23.0 Å². The number of hydrogen-bond acceptors (Lipinski definition) is 4. The first-order valence-corrected chi connectivity index (χ1v) is 6.02. The molecule has 0 fully saturated rings. The van der Waals surface area contributed by atoms with E-state index in [0.717, 1.165) is 5.39 Å². The van der Waals surface area contributed by atoms with Crippen molar-refractivity contribution in [1.82, 2.24) is 0 Å². The third kappa shape index (κ3) is 2.07. The van der Waals surface area contributed by atoms with Gasteiger partial charge in [0.15, 0.2) is 6.29 Å². The van der Waals surface area contributed by atoms with Gasteiger partial charge in [0, 0.05) is 5.39 Å². The quantitative estimate of drug-likeness (QED) is 0.414. The van der Waals surface area contributed by atoms with Crippen LogP contribution >= 0.6 is 0 Å². The number of fused-ring (bicyclic) bond motifs is 1. The molecule has 0 amide bonds. The molecule has 4 nitrogen and oxygen atoms in total. The van der Waals surface area contributed by atoms with Crippen molar-refractivity contribution in [2.75, 3.05) is 0 Å². The van der Waals surface area contributed by atoms with Crippen LogP contribution in [0.15, 0.2) is 59.2 Å². The number of esters is 1. The van der Waals surface area contributed by atoms with Crippen molar-refractivity contribution in [3.63, 3.8) is 0 Å². The van der Waals surface area contributed by atoms with E-state index in [4.69, 9.17) is 9.15 Å². The lowest BCUT2D eigenvalue weighted by molar-refractivity contribution is 0.0702. The first-order valence-electron chi connectivity index (χ1n) is 6.02. The van der Waals surface area contributed by atoms with E-state index < -0.39 is 5.97 Å². The number of carbonyl (C=O) groups excluding carboxylic acids is 2. The molecule has 98 valence electrons. The maximum atomic E-state index is 12.0. The van der Waals surface area contributed by atoms with Gasteiger partial charge in [-0.15, -0.1) is 0 Å². The third-order valence-corrected chi connectivity index (χ3v) is 2.95. The first-order chi connectivity index (χ1) is 9.79. The van der Waals surface area contributed by atoms with Crippen LogP contribution in [-0.2, 0) is 0 Å². The van der Waals surface area contributed by atoms with Gasteiger partial charge in [-0.1, -0.05) is 30.3 Å². The van der Waals surface area contributed by atoms with Crippen LogP contribution < -0.4 is 4.74 Å². The van der Waals surface area contributed by atoms with Crippen molar-refractivity contribution in [3.8, 4) is 5.75 Å². The molecule has 2 aromatic carbocycles. The van der Waals surface area contributed by atoms with Crippen molar-refractivity contribution in [1.29, 1.82) is 0 Å². The van der Waals surface area contributed by atoms with E-state index in [0.29, 0.717) is 17.2 Å². The van der Waals surface area contributed by atoms with E-state index in [9.17, 15) is 9.59 Å². The van der Waals surface area contributed by atoms with Crippen LogP contribution in [0.3, 0.4) is 0 Å². The molecule has 0 bridgehead atoms. The smallest absolute Gasteiger partial charge is 0.379 e. The fourth-order valence-electron chi connectivity index (χ4n) is 2.00. The highest BCUT2D eigenvalue weighted by Gasteiger charge is 2.16. The highest BCUT2D eigenvalue weighted by atomic mass is 16.5. The standard InChI is InChI=1S/C16H10O4/c17-10-12-8-7-11-4-1-2-5-13(11)15(12)20-16(18)14-6-3-9-19-14/h1-10H. The Hall–Kier alpha value is -2.88. The Balaban J connectivity index is 2.09. The largest absolute Gasteiger partial charge is 0.457 e. The van der Waals surface area contributed by atoms with Gasteiger partial charge in [-0.05, 0) is 23.6 Å². The lowest BCUT2D eigenvalue weighted by Crippen LogP contribution is -2.09. The Kier molecular flexibility index (Phi) is 3.05. The Morgan fingerprint density at radius 2 is 1.90 bits per heavy atom. The second-order valence-corrected chi connectivity index (χ2v) is 4.19. The zero-order valence-corrected chi connectivity index (χ0v) is 10.4. The summed E-state index contributed by atoms with van der Waals surface area (Å²) in [5.41, 5.74) is 0.323. The molecule has 3 aromatic rings. The molecule has 20 heavy (non-hydrogen) atoms. The minimum absolute atomic E-state index is 0.0924. The van der Waals surface area contributed by atoms with E-state index in [1.54, 1.807) is 18.2 Å². The lowest BCUT2D eigenvalue weighted by Gasteiger charge is -2.09. The molecule has 3 rings (SSSR count). The fraction of sp³-hybridized carbons (Fsp3) is 0. The van der Waals surface area contributed by atoms with Gasteiger partial charge in [0.1, 0.15) is 5.75 Å². The molecule has 0 saturated carbocycles. The predicted octanol–water partition coefficient (Wildman–Crippen LogP) is 3.46. The Labute approximate surface area is 114 Å². The van der Waals surface area contributed by atoms with Crippen molar-refractivity contribution in [2.45, 2.75) is 0 Å². The second kappa shape index (κ2) is 5.01. The van der Waals surface area contributed by atoms with E-state index >= 15 is 0 Å². The maximum Gasteiger partial charge on any atom is 0.379 e. The molecule has 0 radical (unpaired) electrons. The van der Waals surface area contributed by atoms with E-state index in [2.05, 4.69) is 0 Å². The minimum atomic E-state index is -0.630. The summed E-state index contributed by atoms with van der Waals surface area (Å²) >= 11 is 0. The zero-order valence-electron chi connectivity index (χ0n) is 10.4. The molecule has 1 aromatic heterocycles. The highest BCUT2D eigenvalue weighted by Crippen LogP contribution is 2.29. The van der Waals surface area contributed by atoms with Crippen molar-refractivity contribution in [2.24, 2.45) is 0 Å². The molecule has 0 aliphatic rings. The highest BCUT2D eigenvalue weighted by molar-refractivity contribution is 5.99. The molecule has 4 heteroatoms. The molecule has 0 spiro atoms. The van der Waals surface area contributed by atoms with Gasteiger partial charge < -0.3 is 9.15 Å². The van der Waals surface area contributed by atoms with Crippen molar-refractivity contribution in [3.05, 3.63) is 66.1 Å². The molecular weight excluding hydrogens is 256 g/mol. The average molecular weight is 266 g/mol. The molecule has 0 aliphatic heterocycles. The van der Waals surface area contributed by atoms with Crippen LogP contribution in [0.2, 0.25) is 0 Å². The van der Waals surface area contributed by atoms with Gasteiger partial charge in [0.2, 0.25) is 5.76 Å². The van der Waals surface area contributed by atoms with Gasteiger partial charge in [0.05, 0.1) is 11.8 Å². The summed E-state index contributed by atoms with van der Waals surface area (Å²) in [5, 5.41) is 1.59. The Morgan fingerprint density at radius 3 is 2.65 bits per heavy atom. The summed E-state index contributed by atoms with van der Waals surface area (Å²) in [6.45, 7) is 0. The molecule has 0 saturated heterocycles. The van der Waals surface area contributed by atoms with E-state index in [1.807, 2.05) is 24.3 Å². The minimum Gasteiger partial charge on any atom is -0.457 e. The SMILES string of the molecule is O=Cc1ccc2ccccc2c1OC(=O)c1ccco1. The number of aldehydes is 1. The van der Waals surface area contributed by atoms with Crippen LogP contribution in [0.1, 0.15) is 20.9 Å². The van der Waals surface area contributed by atoms with Gasteiger partial charge >= 0.3 is 5.97 Å². The number of ether oxygens (including phenoxy) is 1. The molecular formula is C16H10O4. The van der Waals surface area contributed by atoms with Crippen LogP contribution in [0, 0.1) is 0 Å². The predicted molar refractivity (Wildman–Crippen MR) is 73.0 cm³/mol. The summed E-state index contributed by atoms with van der Waals surface area (Å²) < 4.78 is 10.3. The number of carbonyl (C=O) groups is 2. The lowest BCUT2D eigenvalue weighted by atomic mass is 10.1. The number of rotatable bonds is 3. The summed E-state index contributed by atoms with van der Waals surface area (Å²) in [6.07, 6.45) is 2.05. The average Bonchev–Trinajstić information content (AvgIpc) is 3.02. The number of hydrogen-bond donors (Lipinski definition) is 0. The molecule has 0 unspecified atom stereocenters. The summed E-state index contributed by atoms with van der Waals surface area (Å²) in [5.74, 6) is -0.288.